The molecule has 242 valence electrons. The number of amides is 1. The first-order valence-corrected chi connectivity index (χ1v) is 16.2. The van der Waals surface area contributed by atoms with Crippen LogP contribution in [0, 0.1) is 11.8 Å². The van der Waals surface area contributed by atoms with Crippen LogP contribution in [0.4, 0.5) is 13.2 Å². The molecule has 2 aromatic heterocycles. The number of piperidine rings is 1. The number of imidazole rings is 1. The van der Waals surface area contributed by atoms with E-state index in [1.54, 1.807) is 7.11 Å². The predicted octanol–water partition coefficient (Wildman–Crippen LogP) is 7.36. The van der Waals surface area contributed by atoms with Crippen molar-refractivity contribution in [3.8, 4) is 17.3 Å². The van der Waals surface area contributed by atoms with E-state index in [0.29, 0.717) is 40.8 Å². The first kappa shape index (κ1) is 29.8. The van der Waals surface area contributed by atoms with Crippen molar-refractivity contribution < 1.29 is 22.7 Å². The van der Waals surface area contributed by atoms with Crippen LogP contribution in [0.2, 0.25) is 0 Å². The van der Waals surface area contributed by atoms with E-state index >= 15 is 0 Å². The predicted molar refractivity (Wildman–Crippen MR) is 177 cm³/mol. The highest BCUT2D eigenvalue weighted by Gasteiger charge is 2.47. The second-order valence-electron chi connectivity index (χ2n) is 13.3. The highest BCUT2D eigenvalue weighted by atomic mass is 19.4. The number of benzene rings is 3. The van der Waals surface area contributed by atoms with Crippen molar-refractivity contribution in [3.63, 3.8) is 0 Å². The van der Waals surface area contributed by atoms with Crippen molar-refractivity contribution in [1.29, 1.82) is 0 Å². The fraction of sp³-hybridized carbons (Fsp3) is 0.351. The third-order valence-corrected chi connectivity index (χ3v) is 10.3. The largest absolute Gasteiger partial charge is 0.494 e. The summed E-state index contributed by atoms with van der Waals surface area (Å²) in [6, 6.07) is 17.4. The van der Waals surface area contributed by atoms with Gasteiger partial charge in [-0.25, -0.2) is 4.98 Å². The molecule has 2 saturated carbocycles. The minimum Gasteiger partial charge on any atom is -0.494 e. The summed E-state index contributed by atoms with van der Waals surface area (Å²) in [6.07, 6.45) is 3.77. The molecule has 3 atom stereocenters. The number of ether oxygens (including phenoxy) is 1. The number of aryl methyl sites for hydroxylation is 1. The summed E-state index contributed by atoms with van der Waals surface area (Å²) in [6.45, 7) is 1.55. The monoisotopic (exact) mass is 639 g/mol. The molecule has 2 N–H and O–H groups in total. The van der Waals surface area contributed by atoms with Crippen molar-refractivity contribution in [1.82, 2.24) is 19.0 Å². The van der Waals surface area contributed by atoms with Gasteiger partial charge in [-0.2, -0.15) is 13.2 Å². The van der Waals surface area contributed by atoms with E-state index in [4.69, 9.17) is 15.5 Å². The summed E-state index contributed by atoms with van der Waals surface area (Å²) >= 11 is 0. The number of hydrogen-bond acceptors (Lipinski definition) is 4. The van der Waals surface area contributed by atoms with Gasteiger partial charge in [0.05, 0.1) is 23.9 Å². The van der Waals surface area contributed by atoms with E-state index in [1.807, 2.05) is 46.9 Å². The molecule has 0 spiro atoms. The average molecular weight is 640 g/mol. The molecule has 2 bridgehead atoms. The van der Waals surface area contributed by atoms with Crippen molar-refractivity contribution >= 4 is 40.0 Å². The first-order chi connectivity index (χ1) is 22.6. The maximum atomic E-state index is 13.7. The van der Waals surface area contributed by atoms with Crippen LogP contribution in [0.1, 0.15) is 52.7 Å². The number of methoxy groups -OCH3 is 1. The quantitative estimate of drug-likeness (QED) is 0.189. The van der Waals surface area contributed by atoms with E-state index in [1.165, 1.54) is 25.0 Å². The van der Waals surface area contributed by atoms with Crippen LogP contribution in [-0.4, -0.2) is 50.7 Å². The Morgan fingerprint density at radius 2 is 1.74 bits per heavy atom. The molecule has 0 unspecified atom stereocenters. The van der Waals surface area contributed by atoms with E-state index in [2.05, 4.69) is 22.8 Å². The maximum Gasteiger partial charge on any atom is 0.416 e. The van der Waals surface area contributed by atoms with Crippen molar-refractivity contribution in [2.45, 2.75) is 50.5 Å². The summed E-state index contributed by atoms with van der Waals surface area (Å²) in [5.41, 5.74) is 11.5. The number of likely N-dealkylation sites (tertiary alicyclic amines) is 1. The fourth-order valence-electron chi connectivity index (χ4n) is 7.56. The Balaban J connectivity index is 1.16. The first-order valence-electron chi connectivity index (χ1n) is 16.2. The van der Waals surface area contributed by atoms with Gasteiger partial charge in [0.15, 0.2) is 5.82 Å². The molecule has 10 heteroatoms. The SMILES string of the molecule is COc1cc(C(=O)N2C[C@H]3CC[C@@H]2[C@H]3N)cc2nc(-c3cc4ccc(/C=C/c5ccc(C(F)(F)F)cc5)cc4n3CC3CC3)n(C)c12. The number of rotatable bonds is 7. The van der Waals surface area contributed by atoms with E-state index in [0.717, 1.165) is 65.0 Å². The van der Waals surface area contributed by atoms with Crippen LogP contribution >= 0.6 is 0 Å². The fourth-order valence-corrected chi connectivity index (χ4v) is 7.56. The van der Waals surface area contributed by atoms with Crippen LogP contribution in [0.25, 0.3) is 45.6 Å². The van der Waals surface area contributed by atoms with Crippen LogP contribution in [0.15, 0.2) is 60.7 Å². The zero-order valence-electron chi connectivity index (χ0n) is 26.3. The minimum atomic E-state index is -4.36. The molecule has 1 saturated heterocycles. The highest BCUT2D eigenvalue weighted by molar-refractivity contribution is 6.00. The Bertz CT molecular complexity index is 2050. The minimum absolute atomic E-state index is 0.0280. The second-order valence-corrected chi connectivity index (χ2v) is 13.3. The number of nitrogens with two attached hydrogens (primary N) is 1. The van der Waals surface area contributed by atoms with Gasteiger partial charge in [0.25, 0.3) is 5.91 Å². The zero-order chi connectivity index (χ0) is 32.6. The molecule has 3 fully saturated rings. The lowest BCUT2D eigenvalue weighted by Crippen LogP contribution is -2.41. The molecule has 3 aliphatic rings. The smallest absolute Gasteiger partial charge is 0.416 e. The number of hydrogen-bond donors (Lipinski definition) is 1. The third kappa shape index (κ3) is 5.19. The Morgan fingerprint density at radius 3 is 2.40 bits per heavy atom. The highest BCUT2D eigenvalue weighted by Crippen LogP contribution is 2.40. The topological polar surface area (TPSA) is 78.3 Å². The summed E-state index contributed by atoms with van der Waals surface area (Å²) in [5.74, 6) is 2.31. The normalized spacial score (nSPS) is 21.1. The van der Waals surface area contributed by atoms with Crippen molar-refractivity contribution in [3.05, 3.63) is 82.9 Å². The Hall–Kier alpha value is -4.57. The van der Waals surface area contributed by atoms with Crippen LogP contribution in [0.5, 0.6) is 5.75 Å². The molecule has 47 heavy (non-hydrogen) atoms. The van der Waals surface area contributed by atoms with Gasteiger partial charge in [-0.05, 0) is 85.0 Å². The number of carbonyl (C=O) groups excluding carboxylic acids is 1. The summed E-state index contributed by atoms with van der Waals surface area (Å²) in [4.78, 5) is 20.7. The summed E-state index contributed by atoms with van der Waals surface area (Å²) in [7, 11) is 3.59. The number of nitrogens with zero attached hydrogens (tertiary/aromatic N) is 4. The van der Waals surface area contributed by atoms with E-state index < -0.39 is 11.7 Å². The summed E-state index contributed by atoms with van der Waals surface area (Å²) < 4.78 is 49.2. The lowest BCUT2D eigenvalue weighted by atomic mass is 10.1. The molecule has 2 aliphatic carbocycles. The van der Waals surface area contributed by atoms with Gasteiger partial charge in [-0.1, -0.05) is 36.4 Å². The number of carbonyl (C=O) groups is 1. The lowest BCUT2D eigenvalue weighted by Gasteiger charge is -2.27. The standard InChI is InChI=1S/C37H36F3N5O2/c1-43-34-28(16-26(18-32(34)47-2)36(46)45-20-25-11-14-29(45)33(25)41)42-35(43)31-17-24-10-7-22(15-30(24)44(31)19-23-5-6-23)4-3-21-8-12-27(13-9-21)37(38,39)40/h3-4,7-10,12-13,15-18,23,25,29,33H,5-6,11,14,19-20,41H2,1-2H3/b4-3+/t25-,29-,33+/m1/s1. The molecule has 5 aromatic rings. The van der Waals surface area contributed by atoms with E-state index in [9.17, 15) is 18.0 Å². The van der Waals surface area contributed by atoms with Crippen LogP contribution in [-0.2, 0) is 19.8 Å². The molecular weight excluding hydrogens is 603 g/mol. The lowest BCUT2D eigenvalue weighted by molar-refractivity contribution is -0.137. The molecule has 1 aliphatic heterocycles. The summed E-state index contributed by atoms with van der Waals surface area (Å²) in [5, 5.41) is 1.07. The maximum absolute atomic E-state index is 13.7. The number of alkyl halides is 3. The number of fused-ring (bicyclic) bond motifs is 4. The second kappa shape index (κ2) is 11.0. The Kier molecular flexibility index (Phi) is 6.98. The van der Waals surface area contributed by atoms with Crippen molar-refractivity contribution in [2.24, 2.45) is 24.6 Å². The molecular formula is C37H36F3N5O2. The van der Waals surface area contributed by atoms with Gasteiger partial charge >= 0.3 is 6.18 Å². The molecule has 8 rings (SSSR count). The zero-order valence-corrected chi connectivity index (χ0v) is 26.3. The van der Waals surface area contributed by atoms with Crippen LogP contribution in [0.3, 0.4) is 0 Å². The molecule has 1 amide bonds. The third-order valence-electron chi connectivity index (χ3n) is 10.3. The van der Waals surface area contributed by atoms with E-state index in [-0.39, 0.29) is 18.0 Å². The number of halogens is 3. The molecule has 3 heterocycles. The van der Waals surface area contributed by atoms with Gasteiger partial charge < -0.3 is 24.5 Å². The molecule has 7 nitrogen and oxygen atoms in total. The van der Waals surface area contributed by atoms with Crippen LogP contribution < -0.4 is 10.5 Å². The van der Waals surface area contributed by atoms with Gasteiger partial charge in [0, 0.05) is 48.7 Å². The van der Waals surface area contributed by atoms with Gasteiger partial charge in [0.2, 0.25) is 0 Å². The Morgan fingerprint density at radius 1 is 1.00 bits per heavy atom. The number of aromatic nitrogens is 3. The molecule has 0 radical (unpaired) electrons. The van der Waals surface area contributed by atoms with Gasteiger partial charge in [0.1, 0.15) is 11.3 Å². The van der Waals surface area contributed by atoms with Gasteiger partial charge in [-0.3, -0.25) is 4.79 Å². The van der Waals surface area contributed by atoms with Crippen molar-refractivity contribution in [2.75, 3.05) is 13.7 Å². The molecule has 3 aromatic carbocycles. The van der Waals surface area contributed by atoms with Gasteiger partial charge in [-0.15, -0.1) is 0 Å². The average Bonchev–Trinajstić information content (AvgIpc) is 3.47. The Labute approximate surface area is 270 Å².